The van der Waals surface area contributed by atoms with E-state index in [1.165, 1.54) is 4.31 Å². The number of primary amides is 1. The minimum Gasteiger partial charge on any atom is -0.366 e. The standard InChI is InChI=1S/C21H24BrN3O4S/c1-14-18(20(23)26)3-2-4-19(14)24-21(27)16-9-11-25(12-10-16)30(28,29)13-15-5-7-17(22)8-6-15/h2-8,16H,9-13H2,1H3,(H2,23,26)(H,24,27). The number of benzene rings is 2. The van der Waals surface area contributed by atoms with Gasteiger partial charge in [-0.3, -0.25) is 9.59 Å². The molecule has 3 N–H and O–H groups in total. The highest BCUT2D eigenvalue weighted by Gasteiger charge is 2.31. The lowest BCUT2D eigenvalue weighted by Gasteiger charge is -2.30. The van der Waals surface area contributed by atoms with Gasteiger partial charge in [-0.2, -0.15) is 0 Å². The maximum absolute atomic E-state index is 12.7. The topological polar surface area (TPSA) is 110 Å². The van der Waals surface area contributed by atoms with Crippen molar-refractivity contribution in [2.24, 2.45) is 11.7 Å². The van der Waals surface area contributed by atoms with Crippen molar-refractivity contribution >= 4 is 43.5 Å². The molecule has 0 saturated carbocycles. The zero-order valence-electron chi connectivity index (χ0n) is 16.6. The molecule has 9 heteroatoms. The molecule has 0 bridgehead atoms. The van der Waals surface area contributed by atoms with Crippen LogP contribution in [0.25, 0.3) is 0 Å². The number of rotatable bonds is 6. The number of hydrogen-bond donors (Lipinski definition) is 2. The van der Waals surface area contributed by atoms with Crippen molar-refractivity contribution in [3.05, 3.63) is 63.6 Å². The number of carbonyl (C=O) groups excluding carboxylic acids is 2. The van der Waals surface area contributed by atoms with Crippen LogP contribution < -0.4 is 11.1 Å². The molecule has 2 aromatic carbocycles. The first-order valence-electron chi connectivity index (χ1n) is 9.60. The third-order valence-electron chi connectivity index (χ3n) is 5.34. The fourth-order valence-corrected chi connectivity index (χ4v) is 5.38. The number of anilines is 1. The van der Waals surface area contributed by atoms with Crippen molar-refractivity contribution in [1.29, 1.82) is 0 Å². The summed E-state index contributed by atoms with van der Waals surface area (Å²) in [6, 6.07) is 12.2. The van der Waals surface area contributed by atoms with Gasteiger partial charge in [0, 0.05) is 34.7 Å². The van der Waals surface area contributed by atoms with Crippen LogP contribution in [0.5, 0.6) is 0 Å². The molecule has 1 saturated heterocycles. The van der Waals surface area contributed by atoms with Gasteiger partial charge < -0.3 is 11.1 Å². The van der Waals surface area contributed by atoms with Crippen LogP contribution in [0.3, 0.4) is 0 Å². The Hall–Kier alpha value is -2.23. The Kier molecular flexibility index (Phi) is 6.95. The molecule has 0 radical (unpaired) electrons. The second-order valence-electron chi connectivity index (χ2n) is 7.39. The predicted molar refractivity (Wildman–Crippen MR) is 119 cm³/mol. The summed E-state index contributed by atoms with van der Waals surface area (Å²) in [5, 5.41) is 2.85. The van der Waals surface area contributed by atoms with Gasteiger partial charge in [0.2, 0.25) is 21.8 Å². The third-order valence-corrected chi connectivity index (χ3v) is 7.72. The van der Waals surface area contributed by atoms with Crippen LogP contribution in [0.2, 0.25) is 0 Å². The maximum Gasteiger partial charge on any atom is 0.249 e. The Morgan fingerprint density at radius 3 is 2.37 bits per heavy atom. The smallest absolute Gasteiger partial charge is 0.249 e. The normalized spacial score (nSPS) is 15.7. The number of piperidine rings is 1. The first-order valence-corrected chi connectivity index (χ1v) is 12.0. The first kappa shape index (κ1) is 22.5. The van der Waals surface area contributed by atoms with Crippen LogP contribution in [-0.2, 0) is 20.6 Å². The summed E-state index contributed by atoms with van der Waals surface area (Å²) in [6.45, 7) is 2.33. The minimum atomic E-state index is -3.44. The summed E-state index contributed by atoms with van der Waals surface area (Å²) >= 11 is 3.34. The second-order valence-corrected chi connectivity index (χ2v) is 10.3. The second kappa shape index (κ2) is 9.28. The lowest BCUT2D eigenvalue weighted by atomic mass is 9.96. The van der Waals surface area contributed by atoms with Crippen molar-refractivity contribution in [1.82, 2.24) is 4.31 Å². The zero-order chi connectivity index (χ0) is 21.9. The number of nitrogens with zero attached hydrogens (tertiary/aromatic N) is 1. The van der Waals surface area contributed by atoms with E-state index in [1.807, 2.05) is 12.1 Å². The largest absolute Gasteiger partial charge is 0.366 e. The van der Waals surface area contributed by atoms with Crippen LogP contribution in [0.1, 0.15) is 34.3 Å². The van der Waals surface area contributed by atoms with Crippen molar-refractivity contribution in [2.75, 3.05) is 18.4 Å². The Balaban J connectivity index is 1.60. The maximum atomic E-state index is 12.7. The van der Waals surface area contributed by atoms with Crippen LogP contribution in [0.15, 0.2) is 46.9 Å². The molecule has 7 nitrogen and oxygen atoms in total. The molecule has 160 valence electrons. The summed E-state index contributed by atoms with van der Waals surface area (Å²) in [6.07, 6.45) is 0.889. The van der Waals surface area contributed by atoms with Crippen LogP contribution in [0, 0.1) is 12.8 Å². The van der Waals surface area contributed by atoms with E-state index in [4.69, 9.17) is 5.73 Å². The molecule has 2 amide bonds. The highest BCUT2D eigenvalue weighted by molar-refractivity contribution is 9.10. The molecule has 0 aromatic heterocycles. The van der Waals surface area contributed by atoms with Crippen molar-refractivity contribution < 1.29 is 18.0 Å². The molecule has 1 heterocycles. The molecule has 3 rings (SSSR count). The fourth-order valence-electron chi connectivity index (χ4n) is 3.55. The molecule has 0 aliphatic carbocycles. The minimum absolute atomic E-state index is 0.0593. The van der Waals surface area contributed by atoms with Crippen LogP contribution in [0.4, 0.5) is 5.69 Å². The van der Waals surface area contributed by atoms with Crippen molar-refractivity contribution in [3.8, 4) is 0 Å². The van der Waals surface area contributed by atoms with E-state index >= 15 is 0 Å². The average molecular weight is 494 g/mol. The summed E-state index contributed by atoms with van der Waals surface area (Å²) in [7, 11) is -3.44. The quantitative estimate of drug-likeness (QED) is 0.643. The van der Waals surface area contributed by atoms with E-state index in [2.05, 4.69) is 21.2 Å². The van der Waals surface area contributed by atoms with Gasteiger partial charge in [0.15, 0.2) is 0 Å². The highest BCUT2D eigenvalue weighted by atomic mass is 79.9. The van der Waals surface area contributed by atoms with Gasteiger partial charge in [-0.1, -0.05) is 34.1 Å². The van der Waals surface area contributed by atoms with Crippen molar-refractivity contribution in [2.45, 2.75) is 25.5 Å². The Labute approximate surface area is 184 Å². The monoisotopic (exact) mass is 493 g/mol. The summed E-state index contributed by atoms with van der Waals surface area (Å²) in [4.78, 5) is 24.2. The third kappa shape index (κ3) is 5.27. The summed E-state index contributed by atoms with van der Waals surface area (Å²) in [5.41, 5.74) is 7.61. The van der Waals surface area contributed by atoms with E-state index in [9.17, 15) is 18.0 Å². The van der Waals surface area contributed by atoms with Crippen LogP contribution in [-0.4, -0.2) is 37.6 Å². The Bertz CT molecular complexity index is 1050. The first-order chi connectivity index (χ1) is 14.2. The number of amides is 2. The molecule has 1 fully saturated rings. The lowest BCUT2D eigenvalue weighted by Crippen LogP contribution is -2.42. The molecule has 0 spiro atoms. The highest BCUT2D eigenvalue weighted by Crippen LogP contribution is 2.25. The Morgan fingerprint density at radius 1 is 1.13 bits per heavy atom. The molecule has 30 heavy (non-hydrogen) atoms. The van der Waals surface area contributed by atoms with Gasteiger partial charge in [0.1, 0.15) is 0 Å². The van der Waals surface area contributed by atoms with Gasteiger partial charge in [0.05, 0.1) is 5.75 Å². The predicted octanol–water partition coefficient (Wildman–Crippen LogP) is 3.04. The van der Waals surface area contributed by atoms with E-state index in [-0.39, 0.29) is 17.6 Å². The number of nitrogens with two attached hydrogens (primary N) is 1. The lowest BCUT2D eigenvalue weighted by molar-refractivity contribution is -0.120. The molecule has 1 aliphatic rings. The van der Waals surface area contributed by atoms with Gasteiger partial charge in [-0.05, 0) is 55.2 Å². The number of sulfonamides is 1. The van der Waals surface area contributed by atoms with Gasteiger partial charge in [-0.15, -0.1) is 0 Å². The van der Waals surface area contributed by atoms with Crippen LogP contribution >= 0.6 is 15.9 Å². The number of carbonyl (C=O) groups is 2. The number of halogens is 1. The summed E-state index contributed by atoms with van der Waals surface area (Å²) in [5.74, 6) is -1.07. The molecule has 2 aromatic rings. The molecule has 0 unspecified atom stereocenters. The van der Waals surface area contributed by atoms with Gasteiger partial charge in [-0.25, -0.2) is 12.7 Å². The number of nitrogens with one attached hydrogen (secondary N) is 1. The molecular weight excluding hydrogens is 470 g/mol. The average Bonchev–Trinajstić information content (AvgIpc) is 2.71. The van der Waals surface area contributed by atoms with E-state index < -0.39 is 15.9 Å². The van der Waals surface area contributed by atoms with E-state index in [1.54, 1.807) is 37.3 Å². The zero-order valence-corrected chi connectivity index (χ0v) is 19.0. The molecular formula is C21H24BrN3O4S. The summed E-state index contributed by atoms with van der Waals surface area (Å²) < 4.78 is 27.8. The SMILES string of the molecule is Cc1c(NC(=O)C2CCN(S(=O)(=O)Cc3ccc(Br)cc3)CC2)cccc1C(N)=O. The van der Waals surface area contributed by atoms with E-state index in [0.717, 1.165) is 10.0 Å². The van der Waals surface area contributed by atoms with E-state index in [0.29, 0.717) is 42.7 Å². The van der Waals surface area contributed by atoms with Crippen molar-refractivity contribution in [3.63, 3.8) is 0 Å². The van der Waals surface area contributed by atoms with Gasteiger partial charge in [0.25, 0.3) is 0 Å². The molecule has 1 aliphatic heterocycles. The van der Waals surface area contributed by atoms with Gasteiger partial charge >= 0.3 is 0 Å². The fraction of sp³-hybridized carbons (Fsp3) is 0.333. The Morgan fingerprint density at radius 2 is 1.77 bits per heavy atom. The molecule has 0 atom stereocenters. The number of hydrogen-bond acceptors (Lipinski definition) is 4.